The summed E-state index contributed by atoms with van der Waals surface area (Å²) in [6.45, 7) is 6.36. The van der Waals surface area contributed by atoms with Crippen LogP contribution in [0, 0.1) is 54.2 Å². The standard InChI is InChI=1S/C50H47FN15S2/c1-29-42(23-59-65(29)38-8-6-37(54-3)7-9-38)34-14-47(67-45-5-4-10-61-28-56-24-44(45)61)49-36(17-53)27-63(64(49)26-34)40-15-43(51)50(57-21-40)68-46-13-33(25-62-48(46)35(16-52)20-58-62)41-22-60-66(30(41)2)39-11-31-18-55-19-32(31)12-39/h4-5,10,13-15,20-28,31-32,37-39,54-55H,6-9,11-12,18-19H2,1-3H3/q+1/t31-,32+,37-,38+,39-. The van der Waals surface area contributed by atoms with Gasteiger partial charge in [-0.1, -0.05) is 28.2 Å². The quantitative estimate of drug-likeness (QED) is 0.127. The number of nitrogens with one attached hydrogen (secondary N) is 2. The molecule has 2 aliphatic carbocycles. The fourth-order valence-electron chi connectivity index (χ4n) is 11.1. The molecule has 0 amide bonds. The summed E-state index contributed by atoms with van der Waals surface area (Å²) in [4.78, 5) is 11.6. The molecule has 12 rings (SSSR count). The van der Waals surface area contributed by atoms with E-state index in [2.05, 4.69) is 62.1 Å². The Kier molecular flexibility index (Phi) is 10.7. The average molecular weight is 941 g/mol. The van der Waals surface area contributed by atoms with E-state index in [-0.39, 0.29) is 5.03 Å². The minimum atomic E-state index is -0.552. The largest absolute Gasteiger partial charge is 0.317 e. The Labute approximate surface area is 399 Å². The van der Waals surface area contributed by atoms with Crippen LogP contribution in [-0.2, 0) is 0 Å². The summed E-state index contributed by atoms with van der Waals surface area (Å²) in [7, 11) is 2.03. The molecule has 3 fully saturated rings. The SMILES string of the molecule is CN[C@H]1CC[C@@H](n2ncc(-c3cc(Sc4cccn5cncc45)c4c(C#N)c[n+](-c5cnc(Sc6cc(-c7cnn([C@H]8C[C@H]9CNC[C@H]9C8)c7C)cn7ncc(C#N)c67)c(F)c5)n4c3)c2C)CC1. The third kappa shape index (κ3) is 7.16. The molecule has 0 radical (unpaired) electrons. The lowest BCUT2D eigenvalue weighted by Gasteiger charge is -2.29. The Hall–Kier alpha value is -6.83. The summed E-state index contributed by atoms with van der Waals surface area (Å²) in [5.41, 5.74) is 9.25. The lowest BCUT2D eigenvalue weighted by molar-refractivity contribution is -0.667. The van der Waals surface area contributed by atoms with Crippen LogP contribution in [0.15, 0.2) is 112 Å². The molecule has 9 aromatic rings. The van der Waals surface area contributed by atoms with E-state index < -0.39 is 5.82 Å². The molecule has 0 unspecified atom stereocenters. The summed E-state index contributed by atoms with van der Waals surface area (Å²) in [5, 5.41) is 42.3. The van der Waals surface area contributed by atoms with Crippen LogP contribution in [0.5, 0.6) is 0 Å². The van der Waals surface area contributed by atoms with Gasteiger partial charge in [0, 0.05) is 66.8 Å². The number of nitrogens with zero attached hydrogens (tertiary/aromatic N) is 13. The van der Waals surface area contributed by atoms with Gasteiger partial charge >= 0.3 is 0 Å². The first-order valence-corrected chi connectivity index (χ1v) is 24.7. The highest BCUT2D eigenvalue weighted by atomic mass is 32.2. The molecule has 68 heavy (non-hydrogen) atoms. The summed E-state index contributed by atoms with van der Waals surface area (Å²) in [6, 6.07) is 15.5. The molecule has 9 aromatic heterocycles. The number of nitriles is 2. The zero-order valence-electron chi connectivity index (χ0n) is 37.7. The normalized spacial score (nSPS) is 20.4. The Morgan fingerprint density at radius 2 is 1.50 bits per heavy atom. The second-order valence-corrected chi connectivity index (χ2v) is 20.5. The van der Waals surface area contributed by atoms with E-state index in [0.29, 0.717) is 62.7 Å². The molecule has 15 nitrogen and oxygen atoms in total. The van der Waals surface area contributed by atoms with Gasteiger partial charge in [0.05, 0.1) is 72.1 Å². The van der Waals surface area contributed by atoms with Crippen LogP contribution in [0.25, 0.3) is 44.5 Å². The van der Waals surface area contributed by atoms with Gasteiger partial charge in [-0.15, -0.1) is 4.52 Å². The van der Waals surface area contributed by atoms with E-state index in [1.165, 1.54) is 12.3 Å². The second-order valence-electron chi connectivity index (χ2n) is 18.4. The highest BCUT2D eigenvalue weighted by Gasteiger charge is 2.39. The van der Waals surface area contributed by atoms with Crippen molar-refractivity contribution in [1.29, 1.82) is 10.5 Å². The summed E-state index contributed by atoms with van der Waals surface area (Å²) >= 11 is 2.70. The first-order valence-electron chi connectivity index (χ1n) is 23.1. The van der Waals surface area contributed by atoms with Crippen molar-refractivity contribution in [2.45, 2.75) is 90.2 Å². The number of aromatic nitrogens is 11. The highest BCUT2D eigenvalue weighted by Crippen LogP contribution is 2.44. The van der Waals surface area contributed by atoms with E-state index in [1.807, 2.05) is 71.3 Å². The maximum Gasteiger partial charge on any atom is 0.257 e. The molecule has 2 N–H and O–H groups in total. The molecule has 0 aromatic carbocycles. The first kappa shape index (κ1) is 42.5. The molecule has 0 spiro atoms. The number of hydrogen-bond donors (Lipinski definition) is 2. The van der Waals surface area contributed by atoms with Crippen molar-refractivity contribution in [3.63, 3.8) is 0 Å². The fraction of sp³-hybridized carbons (Fsp3) is 0.320. The van der Waals surface area contributed by atoms with Gasteiger partial charge in [0.25, 0.3) is 5.69 Å². The van der Waals surface area contributed by atoms with Crippen molar-refractivity contribution in [2.24, 2.45) is 11.8 Å². The van der Waals surface area contributed by atoms with Gasteiger partial charge in [-0.2, -0.15) is 25.8 Å². The van der Waals surface area contributed by atoms with Gasteiger partial charge in [0.1, 0.15) is 34.4 Å². The van der Waals surface area contributed by atoms with Crippen LogP contribution in [0.1, 0.15) is 73.1 Å². The molecule has 18 heteroatoms. The van der Waals surface area contributed by atoms with Gasteiger partial charge < -0.3 is 15.0 Å². The molecule has 3 aliphatic rings. The topological polar surface area (TPSA) is 163 Å². The van der Waals surface area contributed by atoms with Crippen molar-refractivity contribution >= 4 is 40.1 Å². The lowest BCUT2D eigenvalue weighted by Crippen LogP contribution is -2.36. The summed E-state index contributed by atoms with van der Waals surface area (Å²) in [6.07, 6.45) is 24.7. The van der Waals surface area contributed by atoms with E-state index in [4.69, 9.17) is 15.2 Å². The van der Waals surface area contributed by atoms with Crippen LogP contribution in [0.3, 0.4) is 0 Å². The number of rotatable bonds is 10. The smallest absolute Gasteiger partial charge is 0.257 e. The second kappa shape index (κ2) is 17.0. The van der Waals surface area contributed by atoms with Crippen molar-refractivity contribution in [1.82, 2.24) is 58.7 Å². The Morgan fingerprint density at radius 3 is 2.21 bits per heavy atom. The lowest BCUT2D eigenvalue weighted by atomic mass is 9.91. The van der Waals surface area contributed by atoms with Gasteiger partial charge in [-0.05, 0) is 109 Å². The number of fused-ring (bicyclic) bond motifs is 4. The van der Waals surface area contributed by atoms with Gasteiger partial charge in [0.15, 0.2) is 5.82 Å². The van der Waals surface area contributed by atoms with E-state index >= 15 is 4.39 Å². The fourth-order valence-corrected chi connectivity index (χ4v) is 13.2. The number of imidazole rings is 1. The summed E-state index contributed by atoms with van der Waals surface area (Å²) < 4.78 is 28.5. The minimum Gasteiger partial charge on any atom is -0.317 e. The van der Waals surface area contributed by atoms with Crippen molar-refractivity contribution in [3.8, 4) is 40.1 Å². The third-order valence-electron chi connectivity index (χ3n) is 14.6. The maximum atomic E-state index is 16.8. The molecule has 2 saturated carbocycles. The monoisotopic (exact) mass is 940 g/mol. The Morgan fingerprint density at radius 1 is 0.794 bits per heavy atom. The third-order valence-corrected chi connectivity index (χ3v) is 16.7. The van der Waals surface area contributed by atoms with E-state index in [0.717, 1.165) is 112 Å². The van der Waals surface area contributed by atoms with Crippen LogP contribution >= 0.6 is 23.5 Å². The molecule has 340 valence electrons. The Balaban J connectivity index is 0.925. The number of hydrogen-bond acceptors (Lipinski definition) is 11. The van der Waals surface area contributed by atoms with E-state index in [9.17, 15) is 10.5 Å². The van der Waals surface area contributed by atoms with Crippen LogP contribution in [0.4, 0.5) is 4.39 Å². The minimum absolute atomic E-state index is 0.135. The van der Waals surface area contributed by atoms with Gasteiger partial charge in [-0.3, -0.25) is 9.36 Å². The molecule has 0 bridgehead atoms. The molecular weight excluding hydrogens is 894 g/mol. The molecule has 3 atom stereocenters. The number of halogens is 1. The maximum absolute atomic E-state index is 16.8. The predicted molar refractivity (Wildman–Crippen MR) is 255 cm³/mol. The predicted octanol–water partition coefficient (Wildman–Crippen LogP) is 8.31. The van der Waals surface area contributed by atoms with Crippen molar-refractivity contribution in [2.75, 3.05) is 20.1 Å². The molecule has 1 aliphatic heterocycles. The zero-order valence-corrected chi connectivity index (χ0v) is 39.3. The zero-order chi connectivity index (χ0) is 46.2. The van der Waals surface area contributed by atoms with Crippen LogP contribution in [-0.4, -0.2) is 74.2 Å². The van der Waals surface area contributed by atoms with Gasteiger partial charge in [-0.25, -0.2) is 18.9 Å². The first-order chi connectivity index (χ1) is 33.3. The Bertz CT molecular complexity index is 3510. The van der Waals surface area contributed by atoms with Crippen molar-refractivity contribution < 1.29 is 9.07 Å². The van der Waals surface area contributed by atoms with Gasteiger partial charge in [0.2, 0.25) is 6.20 Å². The number of pyridine rings is 4. The molecule has 10 heterocycles. The van der Waals surface area contributed by atoms with E-state index in [1.54, 1.807) is 39.7 Å². The van der Waals surface area contributed by atoms with Crippen molar-refractivity contribution in [3.05, 3.63) is 121 Å². The highest BCUT2D eigenvalue weighted by molar-refractivity contribution is 8.00. The van der Waals surface area contributed by atoms with Crippen LogP contribution in [0.2, 0.25) is 0 Å². The van der Waals surface area contributed by atoms with Crippen LogP contribution < -0.4 is 15.3 Å². The molecular formula is C50H47FN15S2+. The summed E-state index contributed by atoms with van der Waals surface area (Å²) in [5.74, 6) is 0.806. The average Bonchev–Trinajstić information content (AvgIpc) is 4.22. The molecule has 1 saturated heterocycles.